The monoisotopic (exact) mass is 414 g/mol. The van der Waals surface area contributed by atoms with Crippen molar-refractivity contribution in [3.05, 3.63) is 64.5 Å². The molecule has 8 heteroatoms. The second kappa shape index (κ2) is 8.82. The highest BCUT2D eigenvalue weighted by Crippen LogP contribution is 2.28. The number of hydrogen-bond donors (Lipinski definition) is 2. The van der Waals surface area contributed by atoms with Gasteiger partial charge in [0.1, 0.15) is 11.5 Å². The molecule has 0 saturated carbocycles. The van der Waals surface area contributed by atoms with Gasteiger partial charge in [-0.2, -0.15) is 5.10 Å². The van der Waals surface area contributed by atoms with Crippen LogP contribution in [-0.4, -0.2) is 53.9 Å². The number of ether oxygens (including phenoxy) is 1. The van der Waals surface area contributed by atoms with Crippen molar-refractivity contribution in [2.45, 2.75) is 13.0 Å². The first-order valence-electron chi connectivity index (χ1n) is 9.58. The molecule has 4 rings (SSSR count). The van der Waals surface area contributed by atoms with Crippen LogP contribution in [0.25, 0.3) is 11.5 Å². The number of nitrogens with zero attached hydrogens (tertiary/aromatic N) is 2. The first-order valence-corrected chi connectivity index (χ1v) is 9.96. The Morgan fingerprint density at radius 2 is 2.07 bits per heavy atom. The van der Waals surface area contributed by atoms with Gasteiger partial charge in [-0.3, -0.25) is 14.8 Å². The number of amides is 1. The molecule has 0 spiro atoms. The van der Waals surface area contributed by atoms with Crippen LogP contribution < -0.4 is 5.32 Å². The summed E-state index contributed by atoms with van der Waals surface area (Å²) in [5.74, 6) is 1.20. The van der Waals surface area contributed by atoms with Crippen molar-refractivity contribution in [1.29, 1.82) is 0 Å². The summed E-state index contributed by atoms with van der Waals surface area (Å²) in [6.45, 7) is 5.20. The Bertz CT molecular complexity index is 978. The summed E-state index contributed by atoms with van der Waals surface area (Å²) < 4.78 is 11.0. The molecule has 7 nitrogen and oxygen atoms in total. The molecular formula is C21H23ClN4O3. The van der Waals surface area contributed by atoms with E-state index in [9.17, 15) is 4.79 Å². The zero-order valence-corrected chi connectivity index (χ0v) is 16.9. The number of aromatic nitrogens is 2. The smallest absolute Gasteiger partial charge is 0.271 e. The number of aryl methyl sites for hydroxylation is 1. The molecule has 0 aliphatic carbocycles. The van der Waals surface area contributed by atoms with Crippen molar-refractivity contribution in [3.8, 4) is 11.5 Å². The Morgan fingerprint density at radius 1 is 1.28 bits per heavy atom. The molecule has 29 heavy (non-hydrogen) atoms. The third-order valence-corrected chi connectivity index (χ3v) is 5.37. The van der Waals surface area contributed by atoms with Gasteiger partial charge in [0.25, 0.3) is 5.91 Å². The highest BCUT2D eigenvalue weighted by molar-refractivity contribution is 6.31. The van der Waals surface area contributed by atoms with E-state index in [1.54, 1.807) is 6.07 Å². The van der Waals surface area contributed by atoms with Gasteiger partial charge in [-0.1, -0.05) is 29.8 Å². The van der Waals surface area contributed by atoms with Crippen LogP contribution in [0.2, 0.25) is 5.02 Å². The lowest BCUT2D eigenvalue weighted by Gasteiger charge is -2.35. The Hall–Kier alpha value is -2.61. The number of H-pyrrole nitrogens is 1. The minimum atomic E-state index is -0.249. The number of furan rings is 1. The predicted molar refractivity (Wildman–Crippen MR) is 110 cm³/mol. The van der Waals surface area contributed by atoms with E-state index in [2.05, 4.69) is 20.4 Å². The molecule has 3 heterocycles. The maximum Gasteiger partial charge on any atom is 0.271 e. The van der Waals surface area contributed by atoms with Crippen molar-refractivity contribution in [2.24, 2.45) is 0 Å². The number of benzene rings is 1. The van der Waals surface area contributed by atoms with E-state index in [1.165, 1.54) is 0 Å². The first kappa shape index (κ1) is 19.7. The highest BCUT2D eigenvalue weighted by atomic mass is 35.5. The van der Waals surface area contributed by atoms with E-state index in [0.29, 0.717) is 41.9 Å². The van der Waals surface area contributed by atoms with Gasteiger partial charge in [-0.05, 0) is 30.7 Å². The molecule has 1 aromatic carbocycles. The molecule has 1 amide bonds. The van der Waals surface area contributed by atoms with Crippen LogP contribution in [0.15, 0.2) is 46.9 Å². The largest absolute Gasteiger partial charge is 0.460 e. The summed E-state index contributed by atoms with van der Waals surface area (Å²) in [5.41, 5.74) is 1.97. The van der Waals surface area contributed by atoms with Crippen molar-refractivity contribution < 1.29 is 13.9 Å². The van der Waals surface area contributed by atoms with E-state index in [-0.39, 0.29) is 11.9 Å². The maximum atomic E-state index is 12.7. The number of aromatic amines is 1. The Balaban J connectivity index is 1.47. The molecule has 1 fully saturated rings. The first-order chi connectivity index (χ1) is 14.1. The molecule has 1 atom stereocenters. The van der Waals surface area contributed by atoms with Crippen molar-refractivity contribution in [3.63, 3.8) is 0 Å². The summed E-state index contributed by atoms with van der Waals surface area (Å²) in [7, 11) is 0. The molecule has 152 valence electrons. The molecular weight excluding hydrogens is 392 g/mol. The molecule has 1 aliphatic rings. The number of hydrogen-bond acceptors (Lipinski definition) is 5. The Morgan fingerprint density at radius 3 is 2.79 bits per heavy atom. The van der Waals surface area contributed by atoms with E-state index in [0.717, 1.165) is 24.4 Å². The minimum Gasteiger partial charge on any atom is -0.460 e. The van der Waals surface area contributed by atoms with Crippen LogP contribution in [-0.2, 0) is 4.74 Å². The Kier molecular flexibility index (Phi) is 5.99. The zero-order valence-electron chi connectivity index (χ0n) is 16.2. The number of carbonyl (C=O) groups is 1. The maximum absolute atomic E-state index is 12.7. The lowest BCUT2D eigenvalue weighted by atomic mass is 10.0. The zero-order chi connectivity index (χ0) is 20.2. The lowest BCUT2D eigenvalue weighted by molar-refractivity contribution is 0.0162. The van der Waals surface area contributed by atoms with Crippen LogP contribution >= 0.6 is 11.6 Å². The number of rotatable bonds is 6. The van der Waals surface area contributed by atoms with Crippen molar-refractivity contribution >= 4 is 17.5 Å². The van der Waals surface area contributed by atoms with Gasteiger partial charge in [0.2, 0.25) is 0 Å². The van der Waals surface area contributed by atoms with Gasteiger partial charge < -0.3 is 14.5 Å². The van der Waals surface area contributed by atoms with Gasteiger partial charge in [0.05, 0.1) is 19.3 Å². The average Bonchev–Trinajstić information content (AvgIpc) is 3.39. The summed E-state index contributed by atoms with van der Waals surface area (Å²) >= 11 is 6.45. The third kappa shape index (κ3) is 4.53. The molecule has 1 unspecified atom stereocenters. The number of halogens is 1. The molecule has 0 bridgehead atoms. The van der Waals surface area contributed by atoms with Gasteiger partial charge in [0.15, 0.2) is 11.5 Å². The van der Waals surface area contributed by atoms with E-state index in [4.69, 9.17) is 20.8 Å². The fourth-order valence-corrected chi connectivity index (χ4v) is 3.76. The van der Waals surface area contributed by atoms with Crippen molar-refractivity contribution in [1.82, 2.24) is 20.4 Å². The summed E-state index contributed by atoms with van der Waals surface area (Å²) in [5, 5.41) is 10.7. The second-order valence-electron chi connectivity index (χ2n) is 6.97. The Labute approximate surface area is 174 Å². The van der Waals surface area contributed by atoms with Gasteiger partial charge in [-0.15, -0.1) is 0 Å². The second-order valence-corrected chi connectivity index (χ2v) is 7.38. The SMILES string of the molecule is Cc1ccc(-c2cc(C(=O)NCC(c3ccccc3Cl)N3CCOCC3)n[nH]2)o1. The predicted octanol–water partition coefficient (Wildman–Crippen LogP) is 3.43. The van der Waals surface area contributed by atoms with Crippen molar-refractivity contribution in [2.75, 3.05) is 32.8 Å². The standard InChI is InChI=1S/C21H23ClN4O3/c1-14-6-7-20(29-14)17-12-18(25-24-17)21(27)23-13-19(26-8-10-28-11-9-26)15-4-2-3-5-16(15)22/h2-7,12,19H,8-11,13H2,1H3,(H,23,27)(H,24,25). The lowest BCUT2D eigenvalue weighted by Crippen LogP contribution is -2.44. The fraction of sp³-hybridized carbons (Fsp3) is 0.333. The molecule has 1 aliphatic heterocycles. The van der Waals surface area contributed by atoms with Gasteiger partial charge in [-0.25, -0.2) is 0 Å². The fourth-order valence-electron chi connectivity index (χ4n) is 3.49. The molecule has 2 aromatic heterocycles. The van der Waals surface area contributed by atoms with Crippen LogP contribution in [0.3, 0.4) is 0 Å². The van der Waals surface area contributed by atoms with Crippen LogP contribution in [0.1, 0.15) is 27.9 Å². The molecule has 3 aromatic rings. The van der Waals surface area contributed by atoms with E-state index in [1.807, 2.05) is 43.3 Å². The molecule has 2 N–H and O–H groups in total. The average molecular weight is 415 g/mol. The van der Waals surface area contributed by atoms with Crippen LogP contribution in [0.5, 0.6) is 0 Å². The molecule has 0 radical (unpaired) electrons. The normalized spacial score (nSPS) is 15.9. The third-order valence-electron chi connectivity index (χ3n) is 5.02. The number of nitrogens with one attached hydrogen (secondary N) is 2. The molecule has 1 saturated heterocycles. The van der Waals surface area contributed by atoms with E-state index < -0.39 is 0 Å². The summed E-state index contributed by atoms with van der Waals surface area (Å²) in [4.78, 5) is 15.0. The number of morpholine rings is 1. The van der Waals surface area contributed by atoms with Gasteiger partial charge >= 0.3 is 0 Å². The quantitative estimate of drug-likeness (QED) is 0.645. The number of carbonyl (C=O) groups excluding carboxylic acids is 1. The highest BCUT2D eigenvalue weighted by Gasteiger charge is 2.25. The van der Waals surface area contributed by atoms with Crippen LogP contribution in [0.4, 0.5) is 0 Å². The summed E-state index contributed by atoms with van der Waals surface area (Å²) in [6.07, 6.45) is 0. The van der Waals surface area contributed by atoms with E-state index >= 15 is 0 Å². The topological polar surface area (TPSA) is 83.4 Å². The summed E-state index contributed by atoms with van der Waals surface area (Å²) in [6, 6.07) is 13.1. The minimum absolute atomic E-state index is 0.0392. The van der Waals surface area contributed by atoms with Gasteiger partial charge in [0, 0.05) is 30.7 Å². The van der Waals surface area contributed by atoms with Crippen LogP contribution in [0, 0.1) is 6.92 Å².